The molecule has 2 aliphatic carbocycles. The summed E-state index contributed by atoms with van der Waals surface area (Å²) in [6, 6.07) is 3.17. The highest BCUT2D eigenvalue weighted by molar-refractivity contribution is 7.91. The van der Waals surface area contributed by atoms with Crippen molar-refractivity contribution in [2.45, 2.75) is 75.8 Å². The predicted octanol–water partition coefficient (Wildman–Crippen LogP) is 3.53. The lowest BCUT2D eigenvalue weighted by Gasteiger charge is -2.20. The Morgan fingerprint density at radius 3 is 2.49 bits per heavy atom. The third-order valence-corrected chi connectivity index (χ3v) is 9.51. The Morgan fingerprint density at radius 1 is 1.05 bits per heavy atom. The van der Waals surface area contributed by atoms with E-state index in [9.17, 15) is 13.2 Å². The second kappa shape index (κ2) is 9.44. The van der Waals surface area contributed by atoms with Gasteiger partial charge in [-0.25, -0.2) is 33.3 Å². The minimum atomic E-state index is -3.33. The van der Waals surface area contributed by atoms with Gasteiger partial charge in [0.25, 0.3) is 5.56 Å². The normalized spacial score (nSPS) is 16.4. The van der Waals surface area contributed by atoms with Crippen molar-refractivity contribution in [1.82, 2.24) is 34.5 Å². The van der Waals surface area contributed by atoms with Gasteiger partial charge in [0.05, 0.1) is 46.0 Å². The van der Waals surface area contributed by atoms with Crippen LogP contribution >= 0.6 is 0 Å². The lowest BCUT2D eigenvalue weighted by Crippen LogP contribution is -2.33. The topological polar surface area (TPSA) is 146 Å². The number of nitrogens with one attached hydrogen (secondary N) is 1. The minimum Gasteiger partial charge on any atom is -0.360 e. The molecule has 202 valence electrons. The molecule has 0 aliphatic heterocycles. The van der Waals surface area contributed by atoms with Gasteiger partial charge in [-0.1, -0.05) is 13.8 Å². The zero-order chi connectivity index (χ0) is 27.4. The number of rotatable bonds is 9. The van der Waals surface area contributed by atoms with Crippen molar-refractivity contribution in [2.24, 2.45) is 0 Å². The molecule has 12 heteroatoms. The van der Waals surface area contributed by atoms with Crippen LogP contribution in [0.15, 0.2) is 40.5 Å². The highest BCUT2D eigenvalue weighted by Gasteiger charge is 2.45. The maximum absolute atomic E-state index is 13.8. The molecule has 6 rings (SSSR count). The van der Waals surface area contributed by atoms with Crippen molar-refractivity contribution in [1.29, 1.82) is 0 Å². The summed E-state index contributed by atoms with van der Waals surface area (Å²) < 4.78 is 26.0. The van der Waals surface area contributed by atoms with Crippen LogP contribution in [0.25, 0.3) is 22.6 Å². The molecule has 0 bridgehead atoms. The van der Waals surface area contributed by atoms with Crippen molar-refractivity contribution in [3.05, 3.63) is 58.3 Å². The Kier molecular flexibility index (Phi) is 6.17. The first kappa shape index (κ1) is 25.5. The lowest BCUT2D eigenvalue weighted by molar-refractivity contribution is 0.462. The Morgan fingerprint density at radius 2 is 1.85 bits per heavy atom. The first-order chi connectivity index (χ1) is 18.8. The summed E-state index contributed by atoms with van der Waals surface area (Å²) >= 11 is 0. The summed E-state index contributed by atoms with van der Waals surface area (Å²) in [5, 5.41) is 3.11. The standard InChI is InChI=1S/C27H30N8O3S/c1-4-27(10-11-27)35-25-20(14-30-23(34-25)21-16(3)31-15-32-22(21)17-6-7-17)33-24(26(35)36)29-12-18-8-9-19(13-28-18)39(37,38)5-2/h8-9,13-15,17H,4-7,10-12H2,1-3H3,(H,29,33). The zero-order valence-corrected chi connectivity index (χ0v) is 23.0. The summed E-state index contributed by atoms with van der Waals surface area (Å²) in [6.07, 6.45) is 9.33. The van der Waals surface area contributed by atoms with Crippen molar-refractivity contribution >= 4 is 26.8 Å². The monoisotopic (exact) mass is 546 g/mol. The van der Waals surface area contributed by atoms with E-state index in [2.05, 4.69) is 37.2 Å². The maximum atomic E-state index is 13.8. The van der Waals surface area contributed by atoms with Crippen molar-refractivity contribution in [3.63, 3.8) is 0 Å². The number of nitrogens with zero attached hydrogens (tertiary/aromatic N) is 7. The molecule has 0 saturated heterocycles. The van der Waals surface area contributed by atoms with E-state index in [1.165, 1.54) is 12.3 Å². The van der Waals surface area contributed by atoms with Gasteiger partial charge in [0.2, 0.25) is 0 Å². The summed E-state index contributed by atoms with van der Waals surface area (Å²) in [6.45, 7) is 5.82. The van der Waals surface area contributed by atoms with Gasteiger partial charge in [-0.05, 0) is 51.2 Å². The summed E-state index contributed by atoms with van der Waals surface area (Å²) in [4.78, 5) is 41.3. The molecule has 2 saturated carbocycles. The average molecular weight is 547 g/mol. The van der Waals surface area contributed by atoms with Crippen LogP contribution in [0, 0.1) is 6.92 Å². The van der Waals surface area contributed by atoms with Crippen LogP contribution in [-0.4, -0.2) is 48.6 Å². The van der Waals surface area contributed by atoms with Gasteiger partial charge in [0.1, 0.15) is 11.8 Å². The lowest BCUT2D eigenvalue weighted by atomic mass is 10.1. The Balaban J connectivity index is 1.40. The van der Waals surface area contributed by atoms with Crippen molar-refractivity contribution in [3.8, 4) is 11.4 Å². The molecule has 0 radical (unpaired) electrons. The fourth-order valence-electron chi connectivity index (χ4n) is 5.01. The fourth-order valence-corrected chi connectivity index (χ4v) is 5.83. The van der Waals surface area contributed by atoms with E-state index in [4.69, 9.17) is 4.98 Å². The van der Waals surface area contributed by atoms with Gasteiger partial charge in [0, 0.05) is 17.7 Å². The van der Waals surface area contributed by atoms with Crippen LogP contribution in [-0.2, 0) is 21.9 Å². The molecule has 4 aromatic heterocycles. The highest BCUT2D eigenvalue weighted by atomic mass is 32.2. The van der Waals surface area contributed by atoms with E-state index in [-0.39, 0.29) is 34.1 Å². The van der Waals surface area contributed by atoms with Gasteiger partial charge in [0.15, 0.2) is 27.1 Å². The first-order valence-corrected chi connectivity index (χ1v) is 15.0. The quantitative estimate of drug-likeness (QED) is 0.331. The number of aryl methyl sites for hydroxylation is 1. The molecule has 0 atom stereocenters. The van der Waals surface area contributed by atoms with Crippen LogP contribution in [0.1, 0.15) is 69.0 Å². The average Bonchev–Trinajstić information content (AvgIpc) is 3.87. The van der Waals surface area contributed by atoms with Gasteiger partial charge in [-0.3, -0.25) is 14.3 Å². The number of sulfone groups is 1. The Bertz CT molecular complexity index is 1740. The number of pyridine rings is 1. The molecule has 39 heavy (non-hydrogen) atoms. The molecule has 0 unspecified atom stereocenters. The molecule has 4 aromatic rings. The van der Waals surface area contributed by atoms with Crippen LogP contribution in [0.3, 0.4) is 0 Å². The van der Waals surface area contributed by atoms with Gasteiger partial charge >= 0.3 is 0 Å². The van der Waals surface area contributed by atoms with Crippen LogP contribution in [0.4, 0.5) is 5.82 Å². The highest BCUT2D eigenvalue weighted by Crippen LogP contribution is 2.47. The van der Waals surface area contributed by atoms with Gasteiger partial charge in [-0.15, -0.1) is 0 Å². The Labute approximate surface area is 226 Å². The predicted molar refractivity (Wildman–Crippen MR) is 146 cm³/mol. The molecule has 2 fully saturated rings. The summed E-state index contributed by atoms with van der Waals surface area (Å²) in [7, 11) is -3.33. The first-order valence-electron chi connectivity index (χ1n) is 13.3. The van der Waals surface area contributed by atoms with Crippen LogP contribution < -0.4 is 10.9 Å². The molecule has 4 heterocycles. The van der Waals surface area contributed by atoms with E-state index < -0.39 is 9.84 Å². The number of fused-ring (bicyclic) bond motifs is 1. The van der Waals surface area contributed by atoms with E-state index in [0.717, 1.165) is 49.1 Å². The largest absolute Gasteiger partial charge is 0.360 e. The molecular formula is C27H30N8O3S. The minimum absolute atomic E-state index is 0.00848. The second-order valence-electron chi connectivity index (χ2n) is 10.3. The van der Waals surface area contributed by atoms with E-state index in [0.29, 0.717) is 28.6 Å². The SMILES string of the molecule is CCC1(n2c(=O)c(NCc3ccc(S(=O)(=O)CC)cn3)nc3cnc(-c4c(C)ncnc4C4CC4)nc32)CC1. The molecular weight excluding hydrogens is 516 g/mol. The molecule has 0 aromatic carbocycles. The maximum Gasteiger partial charge on any atom is 0.295 e. The zero-order valence-electron chi connectivity index (χ0n) is 22.2. The van der Waals surface area contributed by atoms with Crippen LogP contribution in [0.5, 0.6) is 0 Å². The van der Waals surface area contributed by atoms with E-state index in [1.807, 2.05) is 6.92 Å². The van der Waals surface area contributed by atoms with Gasteiger partial charge in [-0.2, -0.15) is 0 Å². The number of anilines is 1. The van der Waals surface area contributed by atoms with E-state index in [1.54, 1.807) is 30.1 Å². The van der Waals surface area contributed by atoms with Gasteiger partial charge < -0.3 is 5.32 Å². The number of hydrogen-bond acceptors (Lipinski definition) is 10. The molecule has 2 aliphatic rings. The number of hydrogen-bond donors (Lipinski definition) is 1. The third-order valence-electron chi connectivity index (χ3n) is 7.79. The molecule has 0 amide bonds. The molecule has 0 spiro atoms. The van der Waals surface area contributed by atoms with Crippen molar-refractivity contribution in [2.75, 3.05) is 11.1 Å². The summed E-state index contributed by atoms with van der Waals surface area (Å²) in [5.74, 6) is 1.09. The smallest absolute Gasteiger partial charge is 0.295 e. The van der Waals surface area contributed by atoms with E-state index >= 15 is 0 Å². The van der Waals surface area contributed by atoms with Crippen LogP contribution in [0.2, 0.25) is 0 Å². The fraction of sp³-hybridized carbons (Fsp3) is 0.444. The Hall–Kier alpha value is -3.80. The second-order valence-corrected chi connectivity index (χ2v) is 12.6. The third kappa shape index (κ3) is 4.56. The number of aromatic nitrogens is 7. The van der Waals surface area contributed by atoms with Crippen molar-refractivity contribution < 1.29 is 8.42 Å². The summed E-state index contributed by atoms with van der Waals surface area (Å²) in [5.41, 5.74) is 3.66. The molecule has 1 N–H and O–H groups in total. The molecule has 11 nitrogen and oxygen atoms in total.